The number of amides is 2. The van der Waals surface area contributed by atoms with Gasteiger partial charge in [-0.1, -0.05) is 13.8 Å². The number of halogens is 2. The molecule has 23 heavy (non-hydrogen) atoms. The topological polar surface area (TPSA) is 49.4 Å². The molecule has 2 amide bonds. The fourth-order valence-electron chi connectivity index (χ4n) is 2.63. The molecule has 1 aromatic rings. The van der Waals surface area contributed by atoms with Crippen LogP contribution < -0.4 is 5.32 Å². The van der Waals surface area contributed by atoms with E-state index in [-0.39, 0.29) is 17.4 Å². The van der Waals surface area contributed by atoms with Gasteiger partial charge in [-0.2, -0.15) is 0 Å². The summed E-state index contributed by atoms with van der Waals surface area (Å²) in [6.07, 6.45) is 1.11. The van der Waals surface area contributed by atoms with Crippen molar-refractivity contribution in [3.05, 3.63) is 35.4 Å². The normalized spacial score (nSPS) is 15.8. The number of piperidine rings is 1. The second-order valence-electron chi connectivity index (χ2n) is 6.33. The average molecular weight is 324 g/mol. The predicted octanol–water partition coefficient (Wildman–Crippen LogP) is 2.59. The van der Waals surface area contributed by atoms with Crippen molar-refractivity contribution in [3.63, 3.8) is 0 Å². The van der Waals surface area contributed by atoms with Gasteiger partial charge in [-0.05, 0) is 30.9 Å². The van der Waals surface area contributed by atoms with Crippen LogP contribution in [0.1, 0.15) is 37.0 Å². The Morgan fingerprint density at radius 1 is 1.26 bits per heavy atom. The lowest BCUT2D eigenvalue weighted by Gasteiger charge is -2.31. The van der Waals surface area contributed by atoms with Gasteiger partial charge in [-0.25, -0.2) is 8.78 Å². The molecule has 4 nitrogen and oxygen atoms in total. The molecular formula is C17H22F2N2O2. The Bertz CT molecular complexity index is 582. The number of nitrogens with one attached hydrogen (secondary N) is 1. The maximum Gasteiger partial charge on any atom is 0.256 e. The van der Waals surface area contributed by atoms with Gasteiger partial charge in [0.05, 0.1) is 5.56 Å². The van der Waals surface area contributed by atoms with Gasteiger partial charge in [0.2, 0.25) is 5.91 Å². The Morgan fingerprint density at radius 2 is 1.91 bits per heavy atom. The molecule has 1 fully saturated rings. The van der Waals surface area contributed by atoms with Crippen molar-refractivity contribution < 1.29 is 18.4 Å². The maximum atomic E-state index is 13.7. The summed E-state index contributed by atoms with van der Waals surface area (Å²) >= 11 is 0. The van der Waals surface area contributed by atoms with Crippen LogP contribution in [0.2, 0.25) is 0 Å². The lowest BCUT2D eigenvalue weighted by molar-refractivity contribution is -0.126. The zero-order valence-electron chi connectivity index (χ0n) is 13.4. The van der Waals surface area contributed by atoms with Gasteiger partial charge in [-0.15, -0.1) is 0 Å². The minimum atomic E-state index is -0.855. The van der Waals surface area contributed by atoms with Crippen molar-refractivity contribution in [2.24, 2.45) is 11.8 Å². The highest BCUT2D eigenvalue weighted by Gasteiger charge is 2.28. The Morgan fingerprint density at radius 3 is 2.48 bits per heavy atom. The molecule has 1 N–H and O–H groups in total. The zero-order valence-corrected chi connectivity index (χ0v) is 13.4. The first-order valence-corrected chi connectivity index (χ1v) is 7.90. The van der Waals surface area contributed by atoms with Gasteiger partial charge in [0.25, 0.3) is 5.91 Å². The van der Waals surface area contributed by atoms with Gasteiger partial charge >= 0.3 is 0 Å². The third-order valence-corrected chi connectivity index (χ3v) is 4.00. The average Bonchev–Trinajstić information content (AvgIpc) is 2.52. The van der Waals surface area contributed by atoms with E-state index in [1.807, 2.05) is 13.8 Å². The summed E-state index contributed by atoms with van der Waals surface area (Å²) in [5.74, 6) is -1.73. The monoisotopic (exact) mass is 324 g/mol. The molecule has 0 unspecified atom stereocenters. The van der Waals surface area contributed by atoms with E-state index in [4.69, 9.17) is 0 Å². The Balaban J connectivity index is 1.91. The number of hydrogen-bond acceptors (Lipinski definition) is 2. The summed E-state index contributed by atoms with van der Waals surface area (Å²) in [7, 11) is 0. The van der Waals surface area contributed by atoms with E-state index in [0.29, 0.717) is 44.5 Å². The molecule has 0 radical (unpaired) electrons. The minimum absolute atomic E-state index is 0.0127. The van der Waals surface area contributed by atoms with E-state index in [0.717, 1.165) is 12.1 Å². The summed E-state index contributed by atoms with van der Waals surface area (Å²) in [4.78, 5) is 25.8. The van der Waals surface area contributed by atoms with E-state index in [9.17, 15) is 18.4 Å². The van der Waals surface area contributed by atoms with Gasteiger partial charge < -0.3 is 10.2 Å². The van der Waals surface area contributed by atoms with Crippen molar-refractivity contribution in [3.8, 4) is 0 Å². The largest absolute Gasteiger partial charge is 0.356 e. The van der Waals surface area contributed by atoms with E-state index in [2.05, 4.69) is 5.32 Å². The van der Waals surface area contributed by atoms with Crippen LogP contribution in [-0.2, 0) is 4.79 Å². The summed E-state index contributed by atoms with van der Waals surface area (Å²) in [6.45, 7) is 5.49. The van der Waals surface area contributed by atoms with Crippen LogP contribution >= 0.6 is 0 Å². The highest BCUT2D eigenvalue weighted by molar-refractivity contribution is 5.94. The standard InChI is InChI=1S/C17H22F2N2O2/c1-11(2)10-20-16(22)12-5-7-21(8-6-12)17(23)14-4-3-13(18)9-15(14)19/h3-4,9,11-12H,5-8,10H2,1-2H3,(H,20,22). The van der Waals surface area contributed by atoms with Crippen LogP contribution in [0.3, 0.4) is 0 Å². The van der Waals surface area contributed by atoms with Crippen molar-refractivity contribution in [1.82, 2.24) is 10.2 Å². The molecule has 0 bridgehead atoms. The van der Waals surface area contributed by atoms with Gasteiger partial charge in [0.15, 0.2) is 0 Å². The fraction of sp³-hybridized carbons (Fsp3) is 0.529. The summed E-state index contributed by atoms with van der Waals surface area (Å²) in [5.41, 5.74) is -0.130. The smallest absolute Gasteiger partial charge is 0.256 e. The second kappa shape index (κ2) is 7.53. The molecule has 1 saturated heterocycles. The molecule has 126 valence electrons. The first-order chi connectivity index (χ1) is 10.9. The lowest BCUT2D eigenvalue weighted by atomic mass is 9.95. The molecule has 0 spiro atoms. The van der Waals surface area contributed by atoms with Crippen molar-refractivity contribution in [2.45, 2.75) is 26.7 Å². The highest BCUT2D eigenvalue weighted by Crippen LogP contribution is 2.20. The number of benzene rings is 1. The first-order valence-electron chi connectivity index (χ1n) is 7.90. The van der Waals surface area contributed by atoms with Crippen LogP contribution in [0.15, 0.2) is 18.2 Å². The second-order valence-corrected chi connectivity index (χ2v) is 6.33. The highest BCUT2D eigenvalue weighted by atomic mass is 19.1. The molecule has 0 aromatic heterocycles. The molecule has 2 rings (SSSR count). The van der Waals surface area contributed by atoms with E-state index < -0.39 is 17.5 Å². The molecule has 6 heteroatoms. The number of hydrogen-bond donors (Lipinski definition) is 1. The van der Waals surface area contributed by atoms with Crippen molar-refractivity contribution >= 4 is 11.8 Å². The first kappa shape index (κ1) is 17.4. The number of carbonyl (C=O) groups is 2. The Kier molecular flexibility index (Phi) is 5.69. The SMILES string of the molecule is CC(C)CNC(=O)C1CCN(C(=O)c2ccc(F)cc2F)CC1. The molecule has 1 aromatic carbocycles. The number of nitrogens with zero attached hydrogens (tertiary/aromatic N) is 1. The third-order valence-electron chi connectivity index (χ3n) is 4.00. The van der Waals surface area contributed by atoms with Crippen LogP contribution in [0.25, 0.3) is 0 Å². The Hall–Kier alpha value is -1.98. The summed E-state index contributed by atoms with van der Waals surface area (Å²) < 4.78 is 26.6. The van der Waals surface area contributed by atoms with Crippen molar-refractivity contribution in [2.75, 3.05) is 19.6 Å². The molecular weight excluding hydrogens is 302 g/mol. The van der Waals surface area contributed by atoms with Gasteiger partial charge in [-0.3, -0.25) is 9.59 Å². The quantitative estimate of drug-likeness (QED) is 0.925. The van der Waals surface area contributed by atoms with Gasteiger partial charge in [0.1, 0.15) is 11.6 Å². The molecule has 1 aliphatic heterocycles. The lowest BCUT2D eigenvalue weighted by Crippen LogP contribution is -2.43. The summed E-state index contributed by atoms with van der Waals surface area (Å²) in [6, 6.07) is 2.94. The number of likely N-dealkylation sites (tertiary alicyclic amines) is 1. The Labute approximate surface area is 134 Å². The zero-order chi connectivity index (χ0) is 17.0. The summed E-state index contributed by atoms with van der Waals surface area (Å²) in [5, 5.41) is 2.90. The number of carbonyl (C=O) groups excluding carboxylic acids is 2. The minimum Gasteiger partial charge on any atom is -0.356 e. The fourth-order valence-corrected chi connectivity index (χ4v) is 2.63. The van der Waals surface area contributed by atoms with E-state index in [1.54, 1.807) is 0 Å². The molecule has 0 aliphatic carbocycles. The molecule has 1 aliphatic rings. The third kappa shape index (κ3) is 4.50. The van der Waals surface area contributed by atoms with E-state index in [1.165, 1.54) is 4.90 Å². The predicted molar refractivity (Wildman–Crippen MR) is 82.8 cm³/mol. The molecule has 1 heterocycles. The maximum absolute atomic E-state index is 13.7. The van der Waals surface area contributed by atoms with E-state index >= 15 is 0 Å². The van der Waals surface area contributed by atoms with Crippen LogP contribution in [0.5, 0.6) is 0 Å². The molecule has 0 atom stereocenters. The molecule has 0 saturated carbocycles. The van der Waals surface area contributed by atoms with Gasteiger partial charge in [0, 0.05) is 31.6 Å². The van der Waals surface area contributed by atoms with Crippen LogP contribution in [0, 0.1) is 23.5 Å². The number of rotatable bonds is 4. The van der Waals surface area contributed by atoms with Crippen molar-refractivity contribution in [1.29, 1.82) is 0 Å². The van der Waals surface area contributed by atoms with Crippen LogP contribution in [-0.4, -0.2) is 36.3 Å². The van der Waals surface area contributed by atoms with Crippen LogP contribution in [0.4, 0.5) is 8.78 Å².